The lowest BCUT2D eigenvalue weighted by Gasteiger charge is -2.37. The summed E-state index contributed by atoms with van der Waals surface area (Å²) in [7, 11) is 0. The fraction of sp³-hybridized carbons (Fsp3) is 1.00. The van der Waals surface area contributed by atoms with Crippen LogP contribution < -0.4 is 5.32 Å². The number of nitrogens with one attached hydrogen (secondary N) is 1. The lowest BCUT2D eigenvalue weighted by Crippen LogP contribution is -2.35. The van der Waals surface area contributed by atoms with Gasteiger partial charge < -0.3 is 10.1 Å². The number of hydrogen-bond donors (Lipinski definition) is 1. The molecule has 2 unspecified atom stereocenters. The summed E-state index contributed by atoms with van der Waals surface area (Å²) in [6, 6.07) is 0. The van der Waals surface area contributed by atoms with Crippen LogP contribution in [0.15, 0.2) is 0 Å². The Hall–Kier alpha value is -0.0800. The molecule has 2 fully saturated rings. The lowest BCUT2D eigenvalue weighted by molar-refractivity contribution is 0.0625. The number of hydrogen-bond acceptors (Lipinski definition) is 2. The first-order valence-corrected chi connectivity index (χ1v) is 8.18. The fourth-order valence-corrected chi connectivity index (χ4v) is 3.49. The van der Waals surface area contributed by atoms with E-state index in [0.717, 1.165) is 37.5 Å². The van der Waals surface area contributed by atoms with Gasteiger partial charge in [-0.3, -0.25) is 0 Å². The predicted molar refractivity (Wildman–Crippen MR) is 76.8 cm³/mol. The SMILES string of the molecule is CCNCC1CCC1CCCCC1CCOCC1. The molecule has 2 rings (SSSR count). The molecule has 0 radical (unpaired) electrons. The second-order valence-corrected chi connectivity index (χ2v) is 6.25. The highest BCUT2D eigenvalue weighted by atomic mass is 16.5. The molecular weight excluding hydrogens is 222 g/mol. The summed E-state index contributed by atoms with van der Waals surface area (Å²) in [4.78, 5) is 0. The van der Waals surface area contributed by atoms with E-state index in [2.05, 4.69) is 12.2 Å². The van der Waals surface area contributed by atoms with Crippen molar-refractivity contribution in [1.82, 2.24) is 5.32 Å². The summed E-state index contributed by atoms with van der Waals surface area (Å²) in [6.45, 7) is 6.63. The Bertz CT molecular complexity index is 213. The molecule has 106 valence electrons. The van der Waals surface area contributed by atoms with E-state index in [1.165, 1.54) is 57.9 Å². The summed E-state index contributed by atoms with van der Waals surface area (Å²) in [5.74, 6) is 3.00. The first-order chi connectivity index (χ1) is 8.90. The summed E-state index contributed by atoms with van der Waals surface area (Å²) in [5.41, 5.74) is 0. The third kappa shape index (κ3) is 4.55. The molecule has 1 heterocycles. The number of ether oxygens (including phenoxy) is 1. The molecular formula is C16H31NO. The van der Waals surface area contributed by atoms with Crippen LogP contribution in [0, 0.1) is 17.8 Å². The molecule has 1 aliphatic carbocycles. The third-order valence-corrected chi connectivity index (χ3v) is 5.01. The van der Waals surface area contributed by atoms with Crippen molar-refractivity contribution in [2.24, 2.45) is 17.8 Å². The molecule has 0 aromatic rings. The van der Waals surface area contributed by atoms with E-state index < -0.39 is 0 Å². The second-order valence-electron chi connectivity index (χ2n) is 6.25. The Morgan fingerprint density at radius 1 is 0.944 bits per heavy atom. The molecule has 1 N–H and O–H groups in total. The molecule has 2 nitrogen and oxygen atoms in total. The van der Waals surface area contributed by atoms with Crippen LogP contribution in [0.4, 0.5) is 0 Å². The van der Waals surface area contributed by atoms with Crippen molar-refractivity contribution in [2.75, 3.05) is 26.3 Å². The molecule has 2 aliphatic rings. The van der Waals surface area contributed by atoms with Crippen LogP contribution in [-0.2, 0) is 4.74 Å². The summed E-state index contributed by atoms with van der Waals surface area (Å²) >= 11 is 0. The van der Waals surface area contributed by atoms with Gasteiger partial charge in [0.05, 0.1) is 0 Å². The van der Waals surface area contributed by atoms with Crippen molar-refractivity contribution in [3.8, 4) is 0 Å². The zero-order chi connectivity index (χ0) is 12.6. The van der Waals surface area contributed by atoms with Gasteiger partial charge in [0.25, 0.3) is 0 Å². The molecule has 0 aromatic heterocycles. The van der Waals surface area contributed by atoms with E-state index in [4.69, 9.17) is 4.74 Å². The van der Waals surface area contributed by atoms with Gasteiger partial charge in [0.1, 0.15) is 0 Å². The minimum absolute atomic E-state index is 0.970. The molecule has 0 bridgehead atoms. The minimum atomic E-state index is 0.970. The maximum Gasteiger partial charge on any atom is 0.0468 e. The molecule has 1 aliphatic heterocycles. The highest BCUT2D eigenvalue weighted by Gasteiger charge is 2.29. The second kappa shape index (κ2) is 8.16. The number of rotatable bonds is 8. The van der Waals surface area contributed by atoms with Crippen molar-refractivity contribution >= 4 is 0 Å². The van der Waals surface area contributed by atoms with Gasteiger partial charge in [-0.25, -0.2) is 0 Å². The van der Waals surface area contributed by atoms with Crippen molar-refractivity contribution in [3.63, 3.8) is 0 Å². The predicted octanol–water partition coefficient (Wildman–Crippen LogP) is 3.61. The van der Waals surface area contributed by atoms with Gasteiger partial charge in [-0.2, -0.15) is 0 Å². The molecule has 0 amide bonds. The van der Waals surface area contributed by atoms with Crippen molar-refractivity contribution in [3.05, 3.63) is 0 Å². The summed E-state index contributed by atoms with van der Waals surface area (Å²) in [6.07, 6.45) is 11.4. The quantitative estimate of drug-likeness (QED) is 0.667. The van der Waals surface area contributed by atoms with Crippen LogP contribution in [0.5, 0.6) is 0 Å². The van der Waals surface area contributed by atoms with Gasteiger partial charge in [0, 0.05) is 13.2 Å². The van der Waals surface area contributed by atoms with E-state index in [-0.39, 0.29) is 0 Å². The van der Waals surface area contributed by atoms with Crippen LogP contribution in [0.2, 0.25) is 0 Å². The molecule has 0 spiro atoms. The van der Waals surface area contributed by atoms with Crippen LogP contribution in [0.1, 0.15) is 58.3 Å². The van der Waals surface area contributed by atoms with Gasteiger partial charge in [-0.15, -0.1) is 0 Å². The molecule has 1 saturated heterocycles. The van der Waals surface area contributed by atoms with Crippen LogP contribution in [-0.4, -0.2) is 26.3 Å². The average Bonchev–Trinajstić information content (AvgIpc) is 2.39. The Kier molecular flexibility index (Phi) is 6.50. The highest BCUT2D eigenvalue weighted by molar-refractivity contribution is 4.82. The minimum Gasteiger partial charge on any atom is -0.381 e. The smallest absolute Gasteiger partial charge is 0.0468 e. The van der Waals surface area contributed by atoms with E-state index in [0.29, 0.717) is 0 Å². The lowest BCUT2D eigenvalue weighted by atomic mass is 9.71. The number of unbranched alkanes of at least 4 members (excludes halogenated alkanes) is 1. The molecule has 0 aromatic carbocycles. The van der Waals surface area contributed by atoms with Gasteiger partial charge in [0.15, 0.2) is 0 Å². The zero-order valence-electron chi connectivity index (χ0n) is 12.1. The fourth-order valence-electron chi connectivity index (χ4n) is 3.49. The summed E-state index contributed by atoms with van der Waals surface area (Å²) in [5, 5.41) is 3.51. The van der Waals surface area contributed by atoms with Crippen molar-refractivity contribution in [2.45, 2.75) is 58.3 Å². The van der Waals surface area contributed by atoms with E-state index in [9.17, 15) is 0 Å². The first kappa shape index (κ1) is 14.3. The topological polar surface area (TPSA) is 21.3 Å². The Balaban J connectivity index is 1.47. The monoisotopic (exact) mass is 253 g/mol. The first-order valence-electron chi connectivity index (χ1n) is 8.18. The van der Waals surface area contributed by atoms with Gasteiger partial charge in [-0.1, -0.05) is 32.6 Å². The molecule has 1 saturated carbocycles. The maximum absolute atomic E-state index is 5.42. The normalized spacial score (nSPS) is 29.2. The van der Waals surface area contributed by atoms with Gasteiger partial charge >= 0.3 is 0 Å². The largest absolute Gasteiger partial charge is 0.381 e. The summed E-state index contributed by atoms with van der Waals surface area (Å²) < 4.78 is 5.42. The standard InChI is InChI=1S/C16H31NO/c1-2-17-13-16-8-7-15(16)6-4-3-5-14-9-11-18-12-10-14/h14-17H,2-13H2,1H3. The van der Waals surface area contributed by atoms with Crippen LogP contribution >= 0.6 is 0 Å². The highest BCUT2D eigenvalue weighted by Crippen LogP contribution is 2.37. The van der Waals surface area contributed by atoms with Gasteiger partial charge in [-0.05, 0) is 56.5 Å². The van der Waals surface area contributed by atoms with E-state index in [1.807, 2.05) is 0 Å². The van der Waals surface area contributed by atoms with Crippen molar-refractivity contribution < 1.29 is 4.74 Å². The molecule has 2 atom stereocenters. The van der Waals surface area contributed by atoms with Gasteiger partial charge in [0.2, 0.25) is 0 Å². The van der Waals surface area contributed by atoms with Crippen LogP contribution in [0.3, 0.4) is 0 Å². The van der Waals surface area contributed by atoms with E-state index >= 15 is 0 Å². The Labute approximate surface area is 113 Å². The Morgan fingerprint density at radius 3 is 2.33 bits per heavy atom. The molecule has 18 heavy (non-hydrogen) atoms. The van der Waals surface area contributed by atoms with Crippen molar-refractivity contribution in [1.29, 1.82) is 0 Å². The maximum atomic E-state index is 5.42. The van der Waals surface area contributed by atoms with E-state index in [1.54, 1.807) is 0 Å². The van der Waals surface area contributed by atoms with Crippen LogP contribution in [0.25, 0.3) is 0 Å². The average molecular weight is 253 g/mol. The Morgan fingerprint density at radius 2 is 1.67 bits per heavy atom. The zero-order valence-corrected chi connectivity index (χ0v) is 12.1. The third-order valence-electron chi connectivity index (χ3n) is 5.01. The molecule has 2 heteroatoms.